The van der Waals surface area contributed by atoms with Crippen molar-refractivity contribution in [3.63, 3.8) is 0 Å². The van der Waals surface area contributed by atoms with Gasteiger partial charge in [-0.25, -0.2) is 4.98 Å². The first-order valence-corrected chi connectivity index (χ1v) is 7.73. The van der Waals surface area contributed by atoms with Crippen molar-refractivity contribution >= 4 is 22.7 Å². The summed E-state index contributed by atoms with van der Waals surface area (Å²) < 4.78 is 5.23. The number of aromatic nitrogens is 1. The summed E-state index contributed by atoms with van der Waals surface area (Å²) in [6.45, 7) is 6.67. The minimum absolute atomic E-state index is 0.584. The quantitative estimate of drug-likeness (QED) is 0.881. The SMILES string of the molecule is CCNCc1sc(-c2cscc2C)nc1COC. The number of nitrogens with zero attached hydrogens (tertiary/aromatic N) is 1. The molecule has 0 saturated heterocycles. The molecule has 18 heavy (non-hydrogen) atoms. The maximum atomic E-state index is 5.23. The highest BCUT2D eigenvalue weighted by molar-refractivity contribution is 7.15. The Hall–Kier alpha value is -0.750. The minimum Gasteiger partial charge on any atom is -0.378 e. The number of aryl methyl sites for hydroxylation is 1. The van der Waals surface area contributed by atoms with Gasteiger partial charge in [-0.15, -0.1) is 11.3 Å². The van der Waals surface area contributed by atoms with E-state index >= 15 is 0 Å². The lowest BCUT2D eigenvalue weighted by Crippen LogP contribution is -2.12. The molecule has 0 aromatic carbocycles. The highest BCUT2D eigenvalue weighted by Gasteiger charge is 2.13. The number of nitrogens with one attached hydrogen (secondary N) is 1. The summed E-state index contributed by atoms with van der Waals surface area (Å²) in [6, 6.07) is 0. The first kappa shape index (κ1) is 13.7. The molecule has 0 atom stereocenters. The van der Waals surface area contributed by atoms with E-state index in [1.54, 1.807) is 29.8 Å². The third-order valence-electron chi connectivity index (χ3n) is 2.68. The summed E-state index contributed by atoms with van der Waals surface area (Å²) in [6.07, 6.45) is 0. The monoisotopic (exact) mass is 282 g/mol. The van der Waals surface area contributed by atoms with Crippen LogP contribution >= 0.6 is 22.7 Å². The zero-order chi connectivity index (χ0) is 13.0. The van der Waals surface area contributed by atoms with Gasteiger partial charge >= 0.3 is 0 Å². The van der Waals surface area contributed by atoms with Gasteiger partial charge in [-0.2, -0.15) is 11.3 Å². The number of thiazole rings is 1. The van der Waals surface area contributed by atoms with Gasteiger partial charge in [-0.1, -0.05) is 6.92 Å². The highest BCUT2D eigenvalue weighted by Crippen LogP contribution is 2.32. The summed E-state index contributed by atoms with van der Waals surface area (Å²) in [4.78, 5) is 5.99. The van der Waals surface area contributed by atoms with Crippen molar-refractivity contribution < 1.29 is 4.74 Å². The van der Waals surface area contributed by atoms with E-state index in [1.807, 2.05) is 0 Å². The van der Waals surface area contributed by atoms with Crippen LogP contribution in [0.4, 0.5) is 0 Å². The number of rotatable bonds is 6. The van der Waals surface area contributed by atoms with E-state index in [9.17, 15) is 0 Å². The van der Waals surface area contributed by atoms with Crippen LogP contribution in [0, 0.1) is 6.92 Å². The first-order chi connectivity index (χ1) is 8.76. The van der Waals surface area contributed by atoms with Crippen LogP contribution in [0.1, 0.15) is 23.1 Å². The normalized spacial score (nSPS) is 11.1. The van der Waals surface area contributed by atoms with Gasteiger partial charge in [0.1, 0.15) is 5.01 Å². The molecule has 0 aliphatic heterocycles. The molecular weight excluding hydrogens is 264 g/mol. The number of methoxy groups -OCH3 is 1. The van der Waals surface area contributed by atoms with Crippen molar-refractivity contribution in [3.8, 4) is 10.6 Å². The Labute approximate surface area is 116 Å². The van der Waals surface area contributed by atoms with Crippen LogP contribution in [0.25, 0.3) is 10.6 Å². The molecule has 2 aromatic rings. The summed E-state index contributed by atoms with van der Waals surface area (Å²) in [7, 11) is 1.71. The molecule has 2 heterocycles. The van der Waals surface area contributed by atoms with E-state index in [0.29, 0.717) is 6.61 Å². The molecule has 2 rings (SSSR count). The number of ether oxygens (including phenoxy) is 1. The molecule has 0 radical (unpaired) electrons. The highest BCUT2D eigenvalue weighted by atomic mass is 32.1. The van der Waals surface area contributed by atoms with Gasteiger partial charge in [0.25, 0.3) is 0 Å². The second kappa shape index (κ2) is 6.43. The van der Waals surface area contributed by atoms with Gasteiger partial charge in [0.2, 0.25) is 0 Å². The van der Waals surface area contributed by atoms with Gasteiger partial charge in [-0.05, 0) is 24.4 Å². The third-order valence-corrected chi connectivity index (χ3v) is 4.67. The molecule has 5 heteroatoms. The maximum absolute atomic E-state index is 5.23. The van der Waals surface area contributed by atoms with Crippen LogP contribution in [-0.4, -0.2) is 18.6 Å². The predicted octanol–water partition coefficient (Wildman–Crippen LogP) is 3.44. The van der Waals surface area contributed by atoms with E-state index in [-0.39, 0.29) is 0 Å². The average molecular weight is 282 g/mol. The van der Waals surface area contributed by atoms with Crippen LogP contribution in [0.2, 0.25) is 0 Å². The zero-order valence-corrected chi connectivity index (χ0v) is 12.6. The van der Waals surface area contributed by atoms with Gasteiger partial charge in [0.05, 0.1) is 12.3 Å². The molecule has 1 N–H and O–H groups in total. The molecule has 98 valence electrons. The summed E-state index contributed by atoms with van der Waals surface area (Å²) in [5, 5.41) is 8.79. The largest absolute Gasteiger partial charge is 0.378 e. The van der Waals surface area contributed by atoms with Gasteiger partial charge in [-0.3, -0.25) is 0 Å². The van der Waals surface area contributed by atoms with Crippen molar-refractivity contribution in [1.82, 2.24) is 10.3 Å². The topological polar surface area (TPSA) is 34.2 Å². The third kappa shape index (κ3) is 2.98. The Morgan fingerprint density at radius 2 is 2.22 bits per heavy atom. The number of hydrogen-bond acceptors (Lipinski definition) is 5. The molecule has 0 bridgehead atoms. The van der Waals surface area contributed by atoms with Gasteiger partial charge in [0.15, 0.2) is 0 Å². The minimum atomic E-state index is 0.584. The number of hydrogen-bond donors (Lipinski definition) is 1. The molecular formula is C13H18N2OS2. The second-order valence-electron chi connectivity index (χ2n) is 4.07. The molecule has 0 spiro atoms. The first-order valence-electron chi connectivity index (χ1n) is 5.97. The van der Waals surface area contributed by atoms with Crippen molar-refractivity contribution in [2.45, 2.75) is 27.0 Å². The van der Waals surface area contributed by atoms with Gasteiger partial charge in [0, 0.05) is 29.5 Å². The maximum Gasteiger partial charge on any atom is 0.125 e. The van der Waals surface area contributed by atoms with E-state index < -0.39 is 0 Å². The Balaban J connectivity index is 2.29. The molecule has 2 aromatic heterocycles. The van der Waals surface area contributed by atoms with E-state index in [0.717, 1.165) is 23.8 Å². The summed E-state index contributed by atoms with van der Waals surface area (Å²) in [5.74, 6) is 0. The lowest BCUT2D eigenvalue weighted by Gasteiger charge is -2.00. The lowest BCUT2D eigenvalue weighted by atomic mass is 10.2. The standard InChI is InChI=1S/C13H18N2OS2/c1-4-14-5-12-11(6-16-3)15-13(18-12)10-8-17-7-9(10)2/h7-8,14H,4-6H2,1-3H3. The predicted molar refractivity (Wildman–Crippen MR) is 78.3 cm³/mol. The Kier molecular flexibility index (Phi) is 4.88. The zero-order valence-electron chi connectivity index (χ0n) is 10.9. The van der Waals surface area contributed by atoms with Crippen molar-refractivity contribution in [2.24, 2.45) is 0 Å². The molecule has 3 nitrogen and oxygen atoms in total. The van der Waals surface area contributed by atoms with Crippen molar-refractivity contribution in [2.75, 3.05) is 13.7 Å². The summed E-state index contributed by atoms with van der Waals surface area (Å²) in [5.41, 5.74) is 3.61. The van der Waals surface area contributed by atoms with E-state index in [1.165, 1.54) is 16.0 Å². The fourth-order valence-corrected chi connectivity index (χ4v) is 3.73. The molecule has 0 unspecified atom stereocenters. The molecule has 0 fully saturated rings. The van der Waals surface area contributed by atoms with Crippen molar-refractivity contribution in [1.29, 1.82) is 0 Å². The van der Waals surface area contributed by atoms with Crippen LogP contribution in [0.15, 0.2) is 10.8 Å². The summed E-state index contributed by atoms with van der Waals surface area (Å²) >= 11 is 3.49. The van der Waals surface area contributed by atoms with E-state index in [2.05, 4.69) is 29.9 Å². The Morgan fingerprint density at radius 3 is 2.83 bits per heavy atom. The fourth-order valence-electron chi connectivity index (χ4n) is 1.70. The fraction of sp³-hybridized carbons (Fsp3) is 0.462. The smallest absolute Gasteiger partial charge is 0.125 e. The van der Waals surface area contributed by atoms with Gasteiger partial charge < -0.3 is 10.1 Å². The van der Waals surface area contributed by atoms with Crippen LogP contribution in [0.3, 0.4) is 0 Å². The molecule has 0 amide bonds. The van der Waals surface area contributed by atoms with E-state index in [4.69, 9.17) is 9.72 Å². The Bertz CT molecular complexity index is 505. The molecule has 0 saturated carbocycles. The molecule has 0 aliphatic carbocycles. The van der Waals surface area contributed by atoms with Crippen LogP contribution < -0.4 is 5.32 Å². The molecule has 0 aliphatic rings. The van der Waals surface area contributed by atoms with Crippen molar-refractivity contribution in [3.05, 3.63) is 26.9 Å². The number of thiophene rings is 1. The van der Waals surface area contributed by atoms with Crippen LogP contribution in [0.5, 0.6) is 0 Å². The average Bonchev–Trinajstić information content (AvgIpc) is 2.94. The lowest BCUT2D eigenvalue weighted by molar-refractivity contribution is 0.181. The Morgan fingerprint density at radius 1 is 1.39 bits per heavy atom. The van der Waals surface area contributed by atoms with Crippen LogP contribution in [-0.2, 0) is 17.9 Å². The second-order valence-corrected chi connectivity index (χ2v) is 5.90.